The first kappa shape index (κ1) is 24.1. The van der Waals surface area contributed by atoms with Gasteiger partial charge in [0, 0.05) is 18.7 Å². The molecule has 3 aliphatic rings. The second-order valence-corrected chi connectivity index (χ2v) is 9.98. The molecule has 0 saturated heterocycles. The lowest BCUT2D eigenvalue weighted by Gasteiger charge is -2.52. The first-order valence-corrected chi connectivity index (χ1v) is 11.0. The molecule has 2 saturated carbocycles. The van der Waals surface area contributed by atoms with Crippen LogP contribution >= 0.6 is 0 Å². The Morgan fingerprint density at radius 1 is 1.18 bits per heavy atom. The fourth-order valence-electron chi connectivity index (χ4n) is 5.93. The van der Waals surface area contributed by atoms with E-state index in [2.05, 4.69) is 4.98 Å². The summed E-state index contributed by atoms with van der Waals surface area (Å²) in [5.41, 5.74) is 3.27. The third kappa shape index (κ3) is 3.22. The molecule has 182 valence electrons. The van der Waals surface area contributed by atoms with Crippen molar-refractivity contribution >= 4 is 29.0 Å². The van der Waals surface area contributed by atoms with E-state index in [0.29, 0.717) is 5.56 Å². The molecule has 2 unspecified atom stereocenters. The van der Waals surface area contributed by atoms with Crippen molar-refractivity contribution in [2.24, 2.45) is 29.4 Å². The normalized spacial score (nSPS) is 33.1. The van der Waals surface area contributed by atoms with Gasteiger partial charge in [-0.3, -0.25) is 33.9 Å². The van der Waals surface area contributed by atoms with Crippen LogP contribution in [-0.2, 0) is 32.1 Å². The molecule has 11 nitrogen and oxygen atoms in total. The van der Waals surface area contributed by atoms with E-state index in [9.17, 15) is 34.2 Å². The van der Waals surface area contributed by atoms with Gasteiger partial charge in [-0.25, -0.2) is 0 Å². The van der Waals surface area contributed by atoms with E-state index in [1.165, 1.54) is 11.1 Å². The summed E-state index contributed by atoms with van der Waals surface area (Å²) in [6.07, 6.45) is 1.72. The summed E-state index contributed by atoms with van der Waals surface area (Å²) in [6.45, 7) is 0.256. The van der Waals surface area contributed by atoms with Crippen LogP contribution in [0, 0.1) is 23.7 Å². The number of rotatable bonds is 4. The molecule has 0 aliphatic heterocycles. The first-order chi connectivity index (χ1) is 15.8. The molecule has 0 spiro atoms. The third-order valence-corrected chi connectivity index (χ3v) is 7.34. The van der Waals surface area contributed by atoms with Gasteiger partial charge in [-0.05, 0) is 52.5 Å². The molecule has 1 heterocycles. The Hall–Kier alpha value is -3.02. The molecule has 0 aromatic carbocycles. The highest BCUT2D eigenvalue weighted by Gasteiger charge is 2.69. The number of carbonyl (C=O) groups is 5. The lowest BCUT2D eigenvalue weighted by Crippen LogP contribution is -2.74. The maximum Gasteiger partial charge on any atom is 0.235 e. The van der Waals surface area contributed by atoms with Gasteiger partial charge in [0.1, 0.15) is 5.75 Å². The van der Waals surface area contributed by atoms with E-state index in [1.807, 2.05) is 0 Å². The SMILES string of the molecule is CN(C)Cc1ncc2c(c1O)C(=O)C1C(=O)[C@]3(O)C(=O)C(C(N)=O)C(=O)[C@@H](N(C)C)[C@@H]3C[C@@H]1C2. The number of nitrogens with two attached hydrogens (primary N) is 1. The van der Waals surface area contributed by atoms with Crippen LogP contribution in [0.25, 0.3) is 0 Å². The Balaban J connectivity index is 1.83. The van der Waals surface area contributed by atoms with Gasteiger partial charge < -0.3 is 20.8 Å². The number of primary amides is 1. The summed E-state index contributed by atoms with van der Waals surface area (Å²) < 4.78 is 0. The zero-order chi connectivity index (χ0) is 25.3. The number of likely N-dealkylation sites (N-methyl/N-ethyl adjacent to an activating group) is 1. The van der Waals surface area contributed by atoms with Gasteiger partial charge in [0.05, 0.1) is 23.2 Å². The Morgan fingerprint density at radius 2 is 1.82 bits per heavy atom. The highest BCUT2D eigenvalue weighted by Crippen LogP contribution is 2.50. The first-order valence-electron chi connectivity index (χ1n) is 11.0. The number of nitrogens with zero attached hydrogens (tertiary/aromatic N) is 3. The molecule has 11 heteroatoms. The monoisotopic (exact) mass is 472 g/mol. The number of amides is 1. The molecular weight excluding hydrogens is 444 g/mol. The quantitative estimate of drug-likeness (QED) is 0.430. The number of pyridine rings is 1. The van der Waals surface area contributed by atoms with Crippen LogP contribution in [-0.4, -0.2) is 93.9 Å². The predicted octanol–water partition coefficient (Wildman–Crippen LogP) is -1.68. The zero-order valence-corrected chi connectivity index (χ0v) is 19.4. The lowest BCUT2D eigenvalue weighted by atomic mass is 9.52. The molecule has 0 radical (unpaired) electrons. The summed E-state index contributed by atoms with van der Waals surface area (Å²) >= 11 is 0. The van der Waals surface area contributed by atoms with Gasteiger partial charge in [0.2, 0.25) is 5.91 Å². The molecule has 2 fully saturated rings. The highest BCUT2D eigenvalue weighted by molar-refractivity contribution is 6.32. The Bertz CT molecular complexity index is 1130. The summed E-state index contributed by atoms with van der Waals surface area (Å²) in [6, 6.07) is -1.12. The van der Waals surface area contributed by atoms with E-state index in [-0.39, 0.29) is 36.4 Å². The minimum Gasteiger partial charge on any atom is -0.505 e. The van der Waals surface area contributed by atoms with Crippen molar-refractivity contribution in [1.29, 1.82) is 0 Å². The van der Waals surface area contributed by atoms with Crippen LogP contribution in [0.5, 0.6) is 5.75 Å². The molecule has 0 bridgehead atoms. The Kier molecular flexibility index (Phi) is 5.70. The van der Waals surface area contributed by atoms with Crippen LogP contribution < -0.4 is 5.73 Å². The number of fused-ring (bicyclic) bond motifs is 3. The third-order valence-electron chi connectivity index (χ3n) is 7.34. The Labute approximate surface area is 195 Å². The van der Waals surface area contributed by atoms with Crippen molar-refractivity contribution in [3.63, 3.8) is 0 Å². The molecule has 1 aromatic heterocycles. The summed E-state index contributed by atoms with van der Waals surface area (Å²) in [7, 11) is 6.63. The van der Waals surface area contributed by atoms with E-state index < -0.39 is 64.4 Å². The van der Waals surface area contributed by atoms with Crippen LogP contribution in [0.15, 0.2) is 6.20 Å². The smallest absolute Gasteiger partial charge is 0.235 e. The number of ketones is 4. The van der Waals surface area contributed by atoms with Crippen LogP contribution in [0.2, 0.25) is 0 Å². The fraction of sp³-hybridized carbons (Fsp3) is 0.565. The van der Waals surface area contributed by atoms with Gasteiger partial charge >= 0.3 is 0 Å². The molecular formula is C23H28N4O7. The number of Topliss-reactive ketones (excluding diaryl/α,β-unsaturated/α-hetero) is 4. The lowest BCUT2D eigenvalue weighted by molar-refractivity contribution is -0.181. The van der Waals surface area contributed by atoms with Crippen molar-refractivity contribution in [1.82, 2.24) is 14.8 Å². The van der Waals surface area contributed by atoms with Crippen LogP contribution in [0.1, 0.15) is 28.0 Å². The number of aromatic nitrogens is 1. The van der Waals surface area contributed by atoms with Gasteiger partial charge in [-0.1, -0.05) is 0 Å². The predicted molar refractivity (Wildman–Crippen MR) is 117 cm³/mol. The maximum absolute atomic E-state index is 13.7. The average molecular weight is 472 g/mol. The second-order valence-electron chi connectivity index (χ2n) is 9.98. The molecule has 1 amide bonds. The van der Waals surface area contributed by atoms with Crippen molar-refractivity contribution in [3.05, 3.63) is 23.0 Å². The molecule has 34 heavy (non-hydrogen) atoms. The summed E-state index contributed by atoms with van der Waals surface area (Å²) in [5, 5.41) is 22.3. The standard InChI is InChI=1S/C23H28N4O7/c1-26(2)8-12-17(28)13-10(7-25-12)5-9-6-11-16(27(3)4)19(30)15(22(24)33)21(32)23(11,34)20(31)14(9)18(13)29/h7,9,11,14-16,28,34H,5-6,8H2,1-4H3,(H2,24,33)/t9-,11-,14?,15?,16-,23-/m0/s1. The largest absolute Gasteiger partial charge is 0.505 e. The van der Waals surface area contributed by atoms with Crippen molar-refractivity contribution in [2.45, 2.75) is 31.0 Å². The van der Waals surface area contributed by atoms with Crippen molar-refractivity contribution in [2.75, 3.05) is 28.2 Å². The fourth-order valence-corrected chi connectivity index (χ4v) is 5.93. The highest BCUT2D eigenvalue weighted by atomic mass is 16.3. The molecule has 6 atom stereocenters. The van der Waals surface area contributed by atoms with E-state index in [1.54, 1.807) is 33.1 Å². The van der Waals surface area contributed by atoms with Gasteiger partial charge in [0.25, 0.3) is 0 Å². The Morgan fingerprint density at radius 3 is 2.38 bits per heavy atom. The van der Waals surface area contributed by atoms with Crippen molar-refractivity contribution in [3.8, 4) is 5.75 Å². The molecule has 4 N–H and O–H groups in total. The summed E-state index contributed by atoms with van der Waals surface area (Å²) in [5.74, 6) is -10.5. The summed E-state index contributed by atoms with van der Waals surface area (Å²) in [4.78, 5) is 72.9. The minimum absolute atomic E-state index is 0.0180. The minimum atomic E-state index is -2.72. The number of carbonyl (C=O) groups excluding carboxylic acids is 5. The zero-order valence-electron chi connectivity index (χ0n) is 19.4. The van der Waals surface area contributed by atoms with Crippen molar-refractivity contribution < 1.29 is 34.2 Å². The topological polar surface area (TPSA) is 171 Å². The average Bonchev–Trinajstić information content (AvgIpc) is 2.72. The van der Waals surface area contributed by atoms with E-state index in [4.69, 9.17) is 5.73 Å². The maximum atomic E-state index is 13.7. The number of hydrogen-bond acceptors (Lipinski definition) is 10. The second kappa shape index (κ2) is 8.03. The van der Waals surface area contributed by atoms with Crippen LogP contribution in [0.4, 0.5) is 0 Å². The number of aromatic hydroxyl groups is 1. The van der Waals surface area contributed by atoms with E-state index >= 15 is 0 Å². The van der Waals surface area contributed by atoms with Gasteiger partial charge in [0.15, 0.2) is 34.7 Å². The van der Waals surface area contributed by atoms with Gasteiger partial charge in [-0.2, -0.15) is 0 Å². The number of hydrogen-bond donors (Lipinski definition) is 3. The van der Waals surface area contributed by atoms with E-state index in [0.717, 1.165) is 0 Å². The van der Waals surface area contributed by atoms with Crippen LogP contribution in [0.3, 0.4) is 0 Å². The van der Waals surface area contributed by atoms with Gasteiger partial charge in [-0.15, -0.1) is 0 Å². The molecule has 1 aromatic rings. The molecule has 3 aliphatic carbocycles. The molecule has 4 rings (SSSR count). The number of aliphatic hydroxyl groups is 1.